The molecule has 3 nitrogen and oxygen atoms in total. The van der Waals surface area contributed by atoms with E-state index in [2.05, 4.69) is 42.5 Å². The van der Waals surface area contributed by atoms with Crippen molar-refractivity contribution in [1.29, 1.82) is 0 Å². The quantitative estimate of drug-likeness (QED) is 0.386. The Morgan fingerprint density at radius 2 is 1.57 bits per heavy atom. The second-order valence-electron chi connectivity index (χ2n) is 6.69. The van der Waals surface area contributed by atoms with Crippen molar-refractivity contribution in [3.63, 3.8) is 0 Å². The number of epoxide rings is 1. The zero-order valence-corrected chi connectivity index (χ0v) is 12.2. The number of hydrogen-bond donors (Lipinski definition) is 2. The molecule has 23 heavy (non-hydrogen) atoms. The maximum atomic E-state index is 10.5. The van der Waals surface area contributed by atoms with Gasteiger partial charge in [0.25, 0.3) is 0 Å². The maximum Gasteiger partial charge on any atom is 0.118 e. The molecule has 0 spiro atoms. The number of aliphatic hydroxyl groups excluding tert-OH is 2. The van der Waals surface area contributed by atoms with Crippen LogP contribution in [0.15, 0.2) is 48.5 Å². The highest BCUT2D eigenvalue weighted by atomic mass is 16.6. The van der Waals surface area contributed by atoms with Crippen LogP contribution in [0.5, 0.6) is 0 Å². The molecular formula is C20H14O3. The highest BCUT2D eigenvalue weighted by Crippen LogP contribution is 2.54. The molecule has 1 heterocycles. The van der Waals surface area contributed by atoms with E-state index in [0.717, 1.165) is 21.9 Å². The normalized spacial score (nSPS) is 29.1. The van der Waals surface area contributed by atoms with Crippen LogP contribution < -0.4 is 0 Å². The number of ether oxygens (including phenoxy) is 1. The molecule has 6 rings (SSSR count). The number of rotatable bonds is 0. The van der Waals surface area contributed by atoms with Gasteiger partial charge in [0.2, 0.25) is 0 Å². The molecule has 0 amide bonds. The van der Waals surface area contributed by atoms with E-state index in [9.17, 15) is 10.2 Å². The molecule has 4 aromatic rings. The molecule has 112 valence electrons. The Labute approximate surface area is 132 Å². The number of aliphatic hydroxyl groups is 2. The van der Waals surface area contributed by atoms with Crippen LogP contribution in [0.25, 0.3) is 32.3 Å². The van der Waals surface area contributed by atoms with Gasteiger partial charge in [0.15, 0.2) is 0 Å². The Morgan fingerprint density at radius 1 is 0.826 bits per heavy atom. The maximum absolute atomic E-state index is 10.5. The zero-order chi connectivity index (χ0) is 15.3. The molecule has 2 aliphatic rings. The van der Waals surface area contributed by atoms with Crippen LogP contribution in [-0.2, 0) is 4.74 Å². The molecule has 3 heteroatoms. The van der Waals surface area contributed by atoms with E-state index < -0.39 is 12.2 Å². The summed E-state index contributed by atoms with van der Waals surface area (Å²) in [4.78, 5) is 0. The van der Waals surface area contributed by atoms with Crippen molar-refractivity contribution in [2.75, 3.05) is 0 Å². The fraction of sp³-hybridized carbons (Fsp3) is 0.200. The summed E-state index contributed by atoms with van der Waals surface area (Å²) < 4.78 is 5.67. The minimum absolute atomic E-state index is 0.0898. The third-order valence-electron chi connectivity index (χ3n) is 5.51. The fourth-order valence-corrected chi connectivity index (χ4v) is 4.40. The van der Waals surface area contributed by atoms with E-state index >= 15 is 0 Å². The lowest BCUT2D eigenvalue weighted by molar-refractivity contribution is 0.000163. The monoisotopic (exact) mass is 302 g/mol. The van der Waals surface area contributed by atoms with E-state index in [1.165, 1.54) is 21.5 Å². The second-order valence-corrected chi connectivity index (χ2v) is 6.69. The van der Waals surface area contributed by atoms with Crippen molar-refractivity contribution in [3.05, 3.63) is 59.7 Å². The standard InChI is InChI=1S/C20H14O3/c21-17-13-8-11-5-4-9-2-1-3-10-6-7-12(15(11)14(9)10)16(13)19-20(23-19)18(17)22/h1-8,17-22H/t17-,18-,19-,20+/m1/s1. The van der Waals surface area contributed by atoms with Crippen molar-refractivity contribution in [2.24, 2.45) is 0 Å². The van der Waals surface area contributed by atoms with Gasteiger partial charge in [0, 0.05) is 0 Å². The molecule has 2 N–H and O–H groups in total. The third-order valence-corrected chi connectivity index (χ3v) is 5.51. The van der Waals surface area contributed by atoms with Crippen molar-refractivity contribution in [3.8, 4) is 0 Å². The zero-order valence-electron chi connectivity index (χ0n) is 12.2. The molecule has 0 aromatic heterocycles. The van der Waals surface area contributed by atoms with E-state index in [1.54, 1.807) is 0 Å². The first kappa shape index (κ1) is 12.3. The van der Waals surface area contributed by atoms with Gasteiger partial charge in [-0.1, -0.05) is 42.5 Å². The Morgan fingerprint density at radius 3 is 2.39 bits per heavy atom. The summed E-state index contributed by atoms with van der Waals surface area (Å²) in [5.74, 6) is 0. The first-order valence-corrected chi connectivity index (χ1v) is 7.96. The smallest absolute Gasteiger partial charge is 0.118 e. The van der Waals surface area contributed by atoms with Gasteiger partial charge in [0.1, 0.15) is 24.4 Å². The van der Waals surface area contributed by atoms with Crippen molar-refractivity contribution < 1.29 is 14.9 Å². The molecule has 0 saturated carbocycles. The van der Waals surface area contributed by atoms with Gasteiger partial charge in [-0.05, 0) is 49.5 Å². The molecule has 0 unspecified atom stereocenters. The lowest BCUT2D eigenvalue weighted by atomic mass is 9.81. The number of fused-ring (bicyclic) bond motifs is 4. The van der Waals surface area contributed by atoms with Crippen LogP contribution in [-0.4, -0.2) is 22.4 Å². The largest absolute Gasteiger partial charge is 0.387 e. The van der Waals surface area contributed by atoms with Gasteiger partial charge in [0.05, 0.1) is 0 Å². The lowest BCUT2D eigenvalue weighted by Crippen LogP contribution is -2.29. The van der Waals surface area contributed by atoms with Gasteiger partial charge in [-0.15, -0.1) is 0 Å². The van der Waals surface area contributed by atoms with Crippen LogP contribution in [0.3, 0.4) is 0 Å². The summed E-state index contributed by atoms with van der Waals surface area (Å²) in [6, 6.07) is 16.9. The summed E-state index contributed by atoms with van der Waals surface area (Å²) in [7, 11) is 0. The van der Waals surface area contributed by atoms with E-state index in [1.807, 2.05) is 6.07 Å². The third kappa shape index (κ3) is 1.36. The highest BCUT2D eigenvalue weighted by molar-refractivity contribution is 6.23. The summed E-state index contributed by atoms with van der Waals surface area (Å²) in [5, 5.41) is 27.8. The molecule has 4 aromatic carbocycles. The average molecular weight is 302 g/mol. The molecular weight excluding hydrogens is 288 g/mol. The van der Waals surface area contributed by atoms with Crippen LogP contribution in [0.2, 0.25) is 0 Å². The highest BCUT2D eigenvalue weighted by Gasteiger charge is 2.54. The predicted octanol–water partition coefficient (Wildman–Crippen LogP) is 3.43. The average Bonchev–Trinajstić information content (AvgIpc) is 3.37. The molecule has 1 aliphatic heterocycles. The summed E-state index contributed by atoms with van der Waals surface area (Å²) in [6.07, 6.45) is -2.07. The Balaban J connectivity index is 1.86. The number of hydrogen-bond acceptors (Lipinski definition) is 3. The Bertz CT molecular complexity index is 1080. The first-order chi connectivity index (χ1) is 11.2. The molecule has 1 saturated heterocycles. The minimum Gasteiger partial charge on any atom is -0.387 e. The second kappa shape index (κ2) is 3.82. The molecule has 1 fully saturated rings. The van der Waals surface area contributed by atoms with Crippen LogP contribution in [0.4, 0.5) is 0 Å². The van der Waals surface area contributed by atoms with Crippen molar-refractivity contribution in [1.82, 2.24) is 0 Å². The van der Waals surface area contributed by atoms with E-state index in [-0.39, 0.29) is 12.2 Å². The lowest BCUT2D eigenvalue weighted by Gasteiger charge is -2.25. The number of benzene rings is 4. The molecule has 4 atom stereocenters. The Kier molecular flexibility index (Phi) is 2.03. The van der Waals surface area contributed by atoms with Crippen molar-refractivity contribution in [2.45, 2.75) is 24.4 Å². The summed E-state index contributed by atoms with van der Waals surface area (Å²) in [6.45, 7) is 0. The molecule has 0 bridgehead atoms. The predicted molar refractivity (Wildman–Crippen MR) is 88.7 cm³/mol. The van der Waals surface area contributed by atoms with Crippen molar-refractivity contribution >= 4 is 32.3 Å². The fourth-order valence-electron chi connectivity index (χ4n) is 4.40. The van der Waals surface area contributed by atoms with E-state index in [0.29, 0.717) is 0 Å². The van der Waals surface area contributed by atoms with E-state index in [4.69, 9.17) is 4.74 Å². The van der Waals surface area contributed by atoms with Crippen LogP contribution in [0.1, 0.15) is 23.3 Å². The Hall–Kier alpha value is -2.20. The first-order valence-electron chi connectivity index (χ1n) is 7.96. The van der Waals surface area contributed by atoms with Gasteiger partial charge in [-0.25, -0.2) is 0 Å². The molecule has 0 radical (unpaired) electrons. The van der Waals surface area contributed by atoms with Crippen LogP contribution >= 0.6 is 0 Å². The van der Waals surface area contributed by atoms with Gasteiger partial charge in [-0.3, -0.25) is 0 Å². The topological polar surface area (TPSA) is 53.0 Å². The van der Waals surface area contributed by atoms with Gasteiger partial charge in [-0.2, -0.15) is 0 Å². The SMILES string of the molecule is O[C@H]1[C@@H]2O[C@@H]2c2c(cc3ccc4cccc5ccc2c3c45)[C@H]1O. The summed E-state index contributed by atoms with van der Waals surface area (Å²) >= 11 is 0. The molecule has 1 aliphatic carbocycles. The van der Waals surface area contributed by atoms with Gasteiger partial charge >= 0.3 is 0 Å². The summed E-state index contributed by atoms with van der Waals surface area (Å²) in [5.41, 5.74) is 1.86. The van der Waals surface area contributed by atoms with Crippen LogP contribution in [0, 0.1) is 0 Å². The minimum atomic E-state index is -0.879. The van der Waals surface area contributed by atoms with Gasteiger partial charge < -0.3 is 14.9 Å².